The van der Waals surface area contributed by atoms with Gasteiger partial charge < -0.3 is 0 Å². The van der Waals surface area contributed by atoms with E-state index in [1.807, 2.05) is 0 Å². The van der Waals surface area contributed by atoms with E-state index < -0.39 is 15.4 Å². The minimum atomic E-state index is -4.36. The van der Waals surface area contributed by atoms with Crippen LogP contribution in [0.25, 0.3) is 0 Å². The van der Waals surface area contributed by atoms with E-state index in [2.05, 4.69) is 0 Å². The lowest BCUT2D eigenvalue weighted by Crippen LogP contribution is -2.11. The molecule has 0 bridgehead atoms. The van der Waals surface area contributed by atoms with Gasteiger partial charge in [-0.25, -0.2) is 0 Å². The van der Waals surface area contributed by atoms with Gasteiger partial charge in [-0.1, -0.05) is 4.55 Å². The first kappa shape index (κ1) is 7.40. The van der Waals surface area contributed by atoms with E-state index in [4.69, 9.17) is 5.26 Å². The molecule has 0 saturated heterocycles. The van der Waals surface area contributed by atoms with E-state index in [0.717, 1.165) is 6.92 Å². The molecular weight excluding hydrogens is 130 g/mol. The van der Waals surface area contributed by atoms with E-state index >= 15 is 0 Å². The lowest BCUT2D eigenvalue weighted by Gasteiger charge is -1.88. The van der Waals surface area contributed by atoms with Crippen LogP contribution in [0.4, 0.5) is 0 Å². The van der Waals surface area contributed by atoms with Gasteiger partial charge in [-0.05, 0) is 6.92 Å². The Bertz CT molecular complexity index is 199. The van der Waals surface area contributed by atoms with Crippen molar-refractivity contribution in [2.24, 2.45) is 0 Å². The molecule has 0 aliphatic rings. The summed E-state index contributed by atoms with van der Waals surface area (Å²) in [6.45, 7) is 1.04. The van der Waals surface area contributed by atoms with Crippen molar-refractivity contribution >= 4 is 10.1 Å². The van der Waals surface area contributed by atoms with Crippen molar-refractivity contribution in [2.75, 3.05) is 0 Å². The zero-order valence-corrected chi connectivity index (χ0v) is 4.97. The van der Waals surface area contributed by atoms with Crippen LogP contribution in [0.15, 0.2) is 0 Å². The molecule has 0 N–H and O–H groups in total. The third-order valence-electron chi connectivity index (χ3n) is 0.615. The highest BCUT2D eigenvalue weighted by atomic mass is 32.2. The van der Waals surface area contributed by atoms with Gasteiger partial charge in [-0.3, -0.25) is 0 Å². The molecule has 5 heteroatoms. The molecule has 0 aliphatic carbocycles. The Morgan fingerprint density at radius 2 is 2.00 bits per heavy atom. The third kappa shape index (κ3) is 1.91. The van der Waals surface area contributed by atoms with Crippen molar-refractivity contribution in [3.8, 4) is 6.07 Å². The van der Waals surface area contributed by atoms with E-state index in [0.29, 0.717) is 0 Å². The maximum absolute atomic E-state index is 9.78. The molecule has 1 radical (unpaired) electrons. The molecule has 0 heterocycles. The van der Waals surface area contributed by atoms with Crippen LogP contribution in [0.3, 0.4) is 0 Å². The van der Waals surface area contributed by atoms with Crippen molar-refractivity contribution in [2.45, 2.75) is 12.2 Å². The van der Waals surface area contributed by atoms with Gasteiger partial charge in [-0.15, -0.1) is 0 Å². The van der Waals surface area contributed by atoms with Gasteiger partial charge in [0.2, 0.25) is 0 Å². The summed E-state index contributed by atoms with van der Waals surface area (Å²) in [4.78, 5) is 0. The van der Waals surface area contributed by atoms with Gasteiger partial charge in [0.1, 0.15) is 0 Å². The van der Waals surface area contributed by atoms with E-state index in [1.165, 1.54) is 6.07 Å². The topological polar surface area (TPSA) is 77.8 Å². The van der Waals surface area contributed by atoms with Gasteiger partial charge in [0.15, 0.2) is 5.25 Å². The number of nitriles is 1. The van der Waals surface area contributed by atoms with Crippen LogP contribution < -0.4 is 0 Å². The lowest BCUT2D eigenvalue weighted by atomic mass is 10.5. The molecule has 45 valence electrons. The maximum Gasteiger partial charge on any atom is 0.310 e. The van der Waals surface area contributed by atoms with Gasteiger partial charge >= 0.3 is 10.1 Å². The average molecular weight is 134 g/mol. The first-order chi connectivity index (χ1) is 3.48. The second kappa shape index (κ2) is 2.11. The van der Waals surface area contributed by atoms with Crippen LogP contribution in [0.1, 0.15) is 6.92 Å². The van der Waals surface area contributed by atoms with Crippen molar-refractivity contribution in [1.29, 1.82) is 5.26 Å². The Hall–Kier alpha value is -0.600. The summed E-state index contributed by atoms with van der Waals surface area (Å²) in [5.41, 5.74) is 0. The summed E-state index contributed by atoms with van der Waals surface area (Å²) in [5.74, 6) is 0. The standard InChI is InChI=1S/C3H4NO3S/c1-3(2-4)8(5,6)7/h3H,1H3. The zero-order valence-electron chi connectivity index (χ0n) is 4.16. The fourth-order valence-electron chi connectivity index (χ4n) is 0.0645. The molecule has 1 unspecified atom stereocenters. The van der Waals surface area contributed by atoms with Crippen LogP contribution in [-0.2, 0) is 14.7 Å². The molecule has 0 rings (SSSR count). The number of hydrogen-bond acceptors (Lipinski definition) is 3. The van der Waals surface area contributed by atoms with Crippen molar-refractivity contribution < 1.29 is 13.0 Å². The predicted molar refractivity (Wildman–Crippen MR) is 24.7 cm³/mol. The summed E-state index contributed by atoms with van der Waals surface area (Å²) in [7, 11) is -4.36. The Morgan fingerprint density at radius 3 is 2.00 bits per heavy atom. The van der Waals surface area contributed by atoms with Crippen LogP contribution in [0.2, 0.25) is 0 Å². The molecule has 0 aliphatic heterocycles. The molecule has 1 atom stereocenters. The van der Waals surface area contributed by atoms with Crippen molar-refractivity contribution in [3.63, 3.8) is 0 Å². The molecule has 0 fully saturated rings. The molecule has 0 aromatic carbocycles. The van der Waals surface area contributed by atoms with Gasteiger partial charge in [-0.2, -0.15) is 13.7 Å². The molecule has 0 amide bonds. The molecule has 0 aromatic heterocycles. The molecular formula is C3H4NO3S. The third-order valence-corrected chi connectivity index (χ3v) is 1.59. The lowest BCUT2D eigenvalue weighted by molar-refractivity contribution is 0.410. The van der Waals surface area contributed by atoms with Crippen LogP contribution in [0.5, 0.6) is 0 Å². The van der Waals surface area contributed by atoms with Crippen LogP contribution >= 0.6 is 0 Å². The molecule has 0 aromatic rings. The van der Waals surface area contributed by atoms with E-state index in [1.54, 1.807) is 0 Å². The normalized spacial score (nSPS) is 14.6. The first-order valence-electron chi connectivity index (χ1n) is 1.83. The monoisotopic (exact) mass is 134 g/mol. The number of nitrogens with zero attached hydrogens (tertiary/aromatic N) is 1. The summed E-state index contributed by atoms with van der Waals surface area (Å²) >= 11 is 0. The zero-order chi connectivity index (χ0) is 6.78. The Kier molecular flexibility index (Phi) is 1.95. The van der Waals surface area contributed by atoms with Gasteiger partial charge in [0.05, 0.1) is 6.07 Å². The highest BCUT2D eigenvalue weighted by molar-refractivity contribution is 7.86. The number of hydrogen-bond donors (Lipinski definition) is 0. The summed E-state index contributed by atoms with van der Waals surface area (Å²) in [6.07, 6.45) is 0. The fraction of sp³-hybridized carbons (Fsp3) is 0.667. The Labute approximate surface area is 47.5 Å². The second-order valence-electron chi connectivity index (χ2n) is 1.26. The molecule has 0 saturated carbocycles. The van der Waals surface area contributed by atoms with Crippen molar-refractivity contribution in [1.82, 2.24) is 0 Å². The SMILES string of the molecule is CC(C#N)S([O])(=O)=O. The summed E-state index contributed by atoms with van der Waals surface area (Å²) < 4.78 is 29.4. The average Bonchev–Trinajstić information content (AvgIpc) is 1.62. The van der Waals surface area contributed by atoms with E-state index in [-0.39, 0.29) is 0 Å². The van der Waals surface area contributed by atoms with Gasteiger partial charge in [0.25, 0.3) is 0 Å². The smallest absolute Gasteiger partial charge is 0.197 e. The molecule has 0 spiro atoms. The highest BCUT2D eigenvalue weighted by Gasteiger charge is 2.16. The molecule has 8 heavy (non-hydrogen) atoms. The molecule has 4 nitrogen and oxygen atoms in total. The highest BCUT2D eigenvalue weighted by Crippen LogP contribution is 1.93. The summed E-state index contributed by atoms with van der Waals surface area (Å²) in [5, 5.41) is 6.41. The summed E-state index contributed by atoms with van der Waals surface area (Å²) in [6, 6.07) is 1.30. The fourth-order valence-corrected chi connectivity index (χ4v) is 0.194. The van der Waals surface area contributed by atoms with Crippen molar-refractivity contribution in [3.05, 3.63) is 0 Å². The maximum atomic E-state index is 9.78. The number of rotatable bonds is 1. The Balaban J connectivity index is 4.34. The van der Waals surface area contributed by atoms with E-state index in [9.17, 15) is 13.0 Å². The minimum absolute atomic E-state index is 1.04. The quantitative estimate of drug-likeness (QED) is 0.492. The van der Waals surface area contributed by atoms with Crippen LogP contribution in [-0.4, -0.2) is 13.7 Å². The predicted octanol–water partition coefficient (Wildman–Crippen LogP) is -0.341. The largest absolute Gasteiger partial charge is 0.310 e. The van der Waals surface area contributed by atoms with Crippen LogP contribution in [0, 0.1) is 11.3 Å². The Morgan fingerprint density at radius 1 is 1.62 bits per heavy atom. The first-order valence-corrected chi connectivity index (χ1v) is 3.30. The van der Waals surface area contributed by atoms with Gasteiger partial charge in [0, 0.05) is 0 Å². The second-order valence-corrected chi connectivity index (χ2v) is 2.96. The minimum Gasteiger partial charge on any atom is -0.197 e.